The van der Waals surface area contributed by atoms with Gasteiger partial charge in [-0.2, -0.15) is 0 Å². The first kappa shape index (κ1) is 14.3. The number of rotatable bonds is 1. The lowest BCUT2D eigenvalue weighted by atomic mass is 9.92. The Bertz CT molecular complexity index is 590. The fraction of sp³-hybridized carbons (Fsp3) is 0.333. The summed E-state index contributed by atoms with van der Waals surface area (Å²) in [4.78, 5) is 9.80. The molecule has 0 aliphatic heterocycles. The highest BCUT2D eigenvalue weighted by Gasteiger charge is 2.23. The van der Waals surface area contributed by atoms with Crippen molar-refractivity contribution < 1.29 is 0 Å². The summed E-state index contributed by atoms with van der Waals surface area (Å²) in [6, 6.07) is 3.73. The van der Waals surface area contributed by atoms with E-state index in [1.807, 2.05) is 12.1 Å². The summed E-state index contributed by atoms with van der Waals surface area (Å²) in [5.74, 6) is 0.616. The summed E-state index contributed by atoms with van der Waals surface area (Å²) in [5, 5.41) is 0.425. The van der Waals surface area contributed by atoms with Crippen LogP contribution in [0.25, 0.3) is 10.7 Å². The lowest BCUT2D eigenvalue weighted by Crippen LogP contribution is -2.15. The Morgan fingerprint density at radius 3 is 2.33 bits per heavy atom. The van der Waals surface area contributed by atoms with Crippen molar-refractivity contribution in [3.05, 3.63) is 31.8 Å². The van der Waals surface area contributed by atoms with Gasteiger partial charge in [0.2, 0.25) is 0 Å². The average Bonchev–Trinajstić information content (AvgIpc) is 2.67. The summed E-state index contributed by atoms with van der Waals surface area (Å²) in [6.45, 7) is 6.25. The molecule has 6 heteroatoms. The molecule has 0 amide bonds. The van der Waals surface area contributed by atoms with E-state index in [9.17, 15) is 0 Å². The minimum atomic E-state index is -0.110. The van der Waals surface area contributed by atoms with Gasteiger partial charge in [-0.3, -0.25) is 0 Å². The first-order chi connectivity index (χ1) is 8.29. The van der Waals surface area contributed by atoms with Crippen LogP contribution in [0, 0.1) is 0 Å². The second-order valence-corrected chi connectivity index (χ2v) is 7.72. The Morgan fingerprint density at radius 2 is 1.83 bits per heavy atom. The molecule has 0 radical (unpaired) electrons. The van der Waals surface area contributed by atoms with Crippen molar-refractivity contribution >= 4 is 50.5 Å². The van der Waals surface area contributed by atoms with Gasteiger partial charge < -0.3 is 0 Å². The van der Waals surface area contributed by atoms with Crippen molar-refractivity contribution in [3.63, 3.8) is 0 Å². The lowest BCUT2D eigenvalue weighted by molar-refractivity contribution is 0.564. The van der Waals surface area contributed by atoms with Crippen molar-refractivity contribution in [2.75, 3.05) is 0 Å². The quantitative estimate of drug-likeness (QED) is 0.617. The first-order valence-electron chi connectivity index (χ1n) is 5.28. The van der Waals surface area contributed by atoms with Crippen molar-refractivity contribution in [2.24, 2.45) is 0 Å². The smallest absolute Gasteiger partial charge is 0.171 e. The highest BCUT2D eigenvalue weighted by molar-refractivity contribution is 9.10. The highest BCUT2D eigenvalue weighted by atomic mass is 79.9. The van der Waals surface area contributed by atoms with Gasteiger partial charge in [-0.1, -0.05) is 44.0 Å². The van der Waals surface area contributed by atoms with Crippen LogP contribution in [0.5, 0.6) is 0 Å². The van der Waals surface area contributed by atoms with Crippen LogP contribution in [0.4, 0.5) is 0 Å². The van der Waals surface area contributed by atoms with Crippen LogP contribution >= 0.6 is 50.5 Å². The zero-order chi connectivity index (χ0) is 13.5. The third-order valence-electron chi connectivity index (χ3n) is 2.31. The number of thiophene rings is 1. The lowest BCUT2D eigenvalue weighted by Gasteiger charge is -2.20. The van der Waals surface area contributed by atoms with Crippen LogP contribution in [0.1, 0.15) is 26.5 Å². The molecule has 2 heterocycles. The maximum Gasteiger partial charge on any atom is 0.171 e. The molecule has 2 nitrogen and oxygen atoms in total. The summed E-state index contributed by atoms with van der Waals surface area (Å²) in [5.41, 5.74) is 0.781. The predicted molar refractivity (Wildman–Crippen MR) is 81.8 cm³/mol. The monoisotopic (exact) mass is 364 g/mol. The number of hydrogen-bond acceptors (Lipinski definition) is 3. The highest BCUT2D eigenvalue weighted by Crippen LogP contribution is 2.36. The molecule has 2 rings (SSSR count). The van der Waals surface area contributed by atoms with E-state index in [0.717, 1.165) is 15.0 Å². The molecule has 18 heavy (non-hydrogen) atoms. The molecule has 0 fully saturated rings. The molecule has 2 aromatic rings. The van der Waals surface area contributed by atoms with E-state index in [4.69, 9.17) is 23.2 Å². The van der Waals surface area contributed by atoms with Gasteiger partial charge in [0.15, 0.2) is 5.82 Å². The van der Waals surface area contributed by atoms with Crippen molar-refractivity contribution in [3.8, 4) is 10.7 Å². The van der Waals surface area contributed by atoms with E-state index >= 15 is 0 Å². The summed E-state index contributed by atoms with van der Waals surface area (Å²) in [6.07, 6.45) is 0. The molecule has 0 bridgehead atoms. The van der Waals surface area contributed by atoms with E-state index in [-0.39, 0.29) is 5.41 Å². The molecule has 0 spiro atoms. The van der Waals surface area contributed by atoms with Crippen LogP contribution in [0.3, 0.4) is 0 Å². The van der Waals surface area contributed by atoms with Crippen molar-refractivity contribution in [1.29, 1.82) is 0 Å². The van der Waals surface area contributed by atoms with Crippen LogP contribution in [-0.2, 0) is 5.41 Å². The van der Waals surface area contributed by atoms with E-state index in [1.54, 1.807) is 0 Å². The second-order valence-electron chi connectivity index (χ2n) is 4.85. The molecule has 0 aliphatic rings. The Morgan fingerprint density at radius 1 is 1.17 bits per heavy atom. The summed E-state index contributed by atoms with van der Waals surface area (Å²) >= 11 is 17.0. The maximum absolute atomic E-state index is 6.16. The predicted octanol–water partition coefficient (Wildman–Crippen LogP) is 5.57. The van der Waals surface area contributed by atoms with E-state index < -0.39 is 0 Å². The summed E-state index contributed by atoms with van der Waals surface area (Å²) < 4.78 is 1.47. The Hall–Kier alpha value is -0.160. The molecule has 0 saturated carbocycles. The maximum atomic E-state index is 6.16. The Kier molecular flexibility index (Phi) is 4.02. The minimum Gasteiger partial charge on any atom is -0.231 e. The molecule has 0 N–H and O–H groups in total. The van der Waals surface area contributed by atoms with E-state index in [2.05, 4.69) is 46.7 Å². The van der Waals surface area contributed by atoms with Gasteiger partial charge >= 0.3 is 0 Å². The van der Waals surface area contributed by atoms with Gasteiger partial charge in [0.25, 0.3) is 0 Å². The number of halogens is 3. The molecular weight excluding hydrogens is 355 g/mol. The van der Waals surface area contributed by atoms with Gasteiger partial charge in [0.1, 0.15) is 5.15 Å². The molecule has 0 unspecified atom stereocenters. The Balaban J connectivity index is 2.61. The van der Waals surface area contributed by atoms with E-state index in [1.165, 1.54) is 11.3 Å². The van der Waals surface area contributed by atoms with Gasteiger partial charge in [0.05, 0.1) is 19.4 Å². The molecule has 0 aromatic carbocycles. The van der Waals surface area contributed by atoms with Crippen LogP contribution in [0.2, 0.25) is 9.49 Å². The van der Waals surface area contributed by atoms with Crippen LogP contribution in [0.15, 0.2) is 16.6 Å². The molecule has 0 saturated heterocycles. The zero-order valence-corrected chi connectivity index (χ0v) is 14.0. The van der Waals surface area contributed by atoms with Crippen molar-refractivity contribution in [2.45, 2.75) is 26.2 Å². The number of nitrogens with zero attached hydrogens (tertiary/aromatic N) is 2. The second kappa shape index (κ2) is 5.08. The third kappa shape index (κ3) is 2.87. The first-order valence-corrected chi connectivity index (χ1v) is 7.65. The Labute approximate surface area is 129 Å². The minimum absolute atomic E-state index is 0.110. The standard InChI is InChI=1S/C12H11BrCl2N2S/c1-12(2,3)9-8(13)10(15)17-11(16-9)6-4-5-7(14)18-6/h4-5H,1-3H3. The topological polar surface area (TPSA) is 25.8 Å². The van der Waals surface area contributed by atoms with Gasteiger partial charge in [-0.05, 0) is 28.1 Å². The number of aromatic nitrogens is 2. The van der Waals surface area contributed by atoms with E-state index in [0.29, 0.717) is 15.3 Å². The van der Waals surface area contributed by atoms with Gasteiger partial charge in [0, 0.05) is 5.41 Å². The SMILES string of the molecule is CC(C)(C)c1nc(-c2ccc(Cl)s2)nc(Cl)c1Br. The van der Waals surface area contributed by atoms with Gasteiger partial charge in [-0.15, -0.1) is 11.3 Å². The van der Waals surface area contributed by atoms with Crippen LogP contribution in [-0.4, -0.2) is 9.97 Å². The fourth-order valence-corrected chi connectivity index (χ4v) is 3.38. The third-order valence-corrected chi connectivity index (χ3v) is 4.79. The average molecular weight is 366 g/mol. The molecule has 0 atom stereocenters. The fourth-order valence-electron chi connectivity index (χ4n) is 1.46. The molecule has 0 aliphatic carbocycles. The molecule has 2 aromatic heterocycles. The molecule has 96 valence electrons. The normalized spacial score (nSPS) is 11.9. The number of hydrogen-bond donors (Lipinski definition) is 0. The van der Waals surface area contributed by atoms with Gasteiger partial charge in [-0.25, -0.2) is 9.97 Å². The van der Waals surface area contributed by atoms with Crippen LogP contribution < -0.4 is 0 Å². The molecular formula is C12H11BrCl2N2S. The largest absolute Gasteiger partial charge is 0.231 e. The zero-order valence-electron chi connectivity index (χ0n) is 10.1. The van der Waals surface area contributed by atoms with Crippen molar-refractivity contribution in [1.82, 2.24) is 9.97 Å². The summed E-state index contributed by atoms with van der Waals surface area (Å²) in [7, 11) is 0.